The molecule has 2 nitrogen and oxygen atoms in total. The highest BCUT2D eigenvalue weighted by Crippen LogP contribution is 2.35. The number of aromatic amines is 1. The monoisotopic (exact) mass is 225 g/mol. The molecule has 1 aliphatic carbocycles. The summed E-state index contributed by atoms with van der Waals surface area (Å²) in [4.78, 5) is 15.2. The van der Waals surface area contributed by atoms with Crippen LogP contribution < -0.4 is 0 Å². The van der Waals surface area contributed by atoms with Gasteiger partial charge >= 0.3 is 0 Å². The van der Waals surface area contributed by atoms with E-state index in [1.807, 2.05) is 42.7 Å². The van der Waals surface area contributed by atoms with Crippen molar-refractivity contribution in [2.45, 2.75) is 19.3 Å². The molecule has 0 saturated heterocycles. The number of aromatic nitrogens is 1. The maximum absolute atomic E-state index is 12.1. The molecule has 1 aromatic carbocycles. The van der Waals surface area contributed by atoms with Gasteiger partial charge in [0.05, 0.1) is 0 Å². The molecule has 17 heavy (non-hydrogen) atoms. The molecule has 0 spiro atoms. The Morgan fingerprint density at radius 3 is 2.65 bits per heavy atom. The zero-order valence-electron chi connectivity index (χ0n) is 9.65. The van der Waals surface area contributed by atoms with E-state index in [1.165, 1.54) is 12.8 Å². The highest BCUT2D eigenvalue weighted by atomic mass is 16.1. The van der Waals surface area contributed by atoms with Gasteiger partial charge in [0.25, 0.3) is 0 Å². The van der Waals surface area contributed by atoms with E-state index in [0.29, 0.717) is 12.3 Å². The highest BCUT2D eigenvalue weighted by molar-refractivity contribution is 6.02. The van der Waals surface area contributed by atoms with Crippen molar-refractivity contribution in [3.05, 3.63) is 48.3 Å². The first-order valence-corrected chi connectivity index (χ1v) is 6.10. The molecule has 1 fully saturated rings. The van der Waals surface area contributed by atoms with Crippen LogP contribution in [0, 0.1) is 5.92 Å². The van der Waals surface area contributed by atoms with Gasteiger partial charge in [0.2, 0.25) is 0 Å². The van der Waals surface area contributed by atoms with Gasteiger partial charge in [-0.15, -0.1) is 0 Å². The first-order chi connectivity index (χ1) is 8.34. The second kappa shape index (κ2) is 4.21. The van der Waals surface area contributed by atoms with Gasteiger partial charge in [-0.25, -0.2) is 0 Å². The fraction of sp³-hybridized carbons (Fsp3) is 0.267. The third kappa shape index (κ3) is 2.16. The quantitative estimate of drug-likeness (QED) is 0.791. The van der Waals surface area contributed by atoms with Crippen LogP contribution in [0.2, 0.25) is 0 Å². The van der Waals surface area contributed by atoms with E-state index in [9.17, 15) is 4.79 Å². The predicted octanol–water partition coefficient (Wildman–Crippen LogP) is 3.66. The number of hydrogen-bond acceptors (Lipinski definition) is 1. The fourth-order valence-electron chi connectivity index (χ4n) is 2.15. The maximum atomic E-state index is 12.1. The van der Waals surface area contributed by atoms with Crippen molar-refractivity contribution >= 4 is 5.78 Å². The van der Waals surface area contributed by atoms with Gasteiger partial charge in [-0.05, 0) is 24.3 Å². The lowest BCUT2D eigenvalue weighted by molar-refractivity contribution is 0.0977. The molecular weight excluding hydrogens is 210 g/mol. The van der Waals surface area contributed by atoms with Crippen molar-refractivity contribution in [3.8, 4) is 11.1 Å². The minimum Gasteiger partial charge on any atom is -0.366 e. The molecule has 1 N–H and O–H groups in total. The summed E-state index contributed by atoms with van der Waals surface area (Å²) in [6.45, 7) is 0. The molecule has 86 valence electrons. The lowest BCUT2D eigenvalue weighted by Crippen LogP contribution is -2.00. The largest absolute Gasteiger partial charge is 0.366 e. The van der Waals surface area contributed by atoms with Crippen LogP contribution in [-0.2, 0) is 0 Å². The summed E-state index contributed by atoms with van der Waals surface area (Å²) >= 11 is 0. The predicted molar refractivity (Wildman–Crippen MR) is 67.9 cm³/mol. The van der Waals surface area contributed by atoms with E-state index in [4.69, 9.17) is 0 Å². The second-order valence-electron chi connectivity index (χ2n) is 4.72. The van der Waals surface area contributed by atoms with Crippen LogP contribution in [0.3, 0.4) is 0 Å². The zero-order valence-corrected chi connectivity index (χ0v) is 9.65. The minimum absolute atomic E-state index is 0.271. The van der Waals surface area contributed by atoms with E-state index in [-0.39, 0.29) is 5.78 Å². The lowest BCUT2D eigenvalue weighted by atomic mass is 9.99. The van der Waals surface area contributed by atoms with Gasteiger partial charge in [0.15, 0.2) is 5.78 Å². The smallest absolute Gasteiger partial charge is 0.165 e. The molecule has 1 aromatic heterocycles. The number of benzene rings is 1. The number of hydrogen-bond donors (Lipinski definition) is 1. The Labute approximate surface area is 101 Å². The Bertz CT molecular complexity index is 523. The van der Waals surface area contributed by atoms with Crippen molar-refractivity contribution in [1.82, 2.24) is 4.98 Å². The number of ketones is 1. The van der Waals surface area contributed by atoms with Crippen LogP contribution in [-0.4, -0.2) is 10.8 Å². The molecule has 1 heterocycles. The minimum atomic E-state index is 0.271. The van der Waals surface area contributed by atoms with Crippen LogP contribution in [0.1, 0.15) is 29.6 Å². The number of carbonyl (C=O) groups is 1. The van der Waals surface area contributed by atoms with Gasteiger partial charge in [-0.2, -0.15) is 0 Å². The summed E-state index contributed by atoms with van der Waals surface area (Å²) in [6.07, 6.45) is 6.88. The first-order valence-electron chi connectivity index (χ1n) is 6.10. The molecule has 2 heteroatoms. The third-order valence-electron chi connectivity index (χ3n) is 3.30. The molecule has 2 aromatic rings. The van der Waals surface area contributed by atoms with Crippen LogP contribution in [0.5, 0.6) is 0 Å². The molecule has 3 rings (SSSR count). The van der Waals surface area contributed by atoms with E-state index in [1.54, 1.807) is 0 Å². The molecule has 0 amide bonds. The number of H-pyrrole nitrogens is 1. The van der Waals surface area contributed by atoms with Gasteiger partial charge in [-0.3, -0.25) is 4.79 Å². The Morgan fingerprint density at radius 1 is 1.18 bits per heavy atom. The molecule has 0 unspecified atom stereocenters. The number of carbonyl (C=O) groups excluding carboxylic acids is 1. The van der Waals surface area contributed by atoms with Crippen molar-refractivity contribution in [1.29, 1.82) is 0 Å². The number of nitrogens with one attached hydrogen (secondary N) is 1. The summed E-state index contributed by atoms with van der Waals surface area (Å²) in [7, 11) is 0. The number of Topliss-reactive ketones (excluding diaryl/α,β-unsaturated/α-hetero) is 1. The third-order valence-corrected chi connectivity index (χ3v) is 3.30. The lowest BCUT2D eigenvalue weighted by Gasteiger charge is -2.02. The molecule has 0 atom stereocenters. The van der Waals surface area contributed by atoms with E-state index in [2.05, 4.69) is 4.98 Å². The number of rotatable bonds is 4. The van der Waals surface area contributed by atoms with Crippen LogP contribution >= 0.6 is 0 Å². The summed E-state index contributed by atoms with van der Waals surface area (Å²) in [6, 6.07) is 10.1. The summed E-state index contributed by atoms with van der Waals surface area (Å²) in [5.41, 5.74) is 2.97. The molecule has 0 bridgehead atoms. The SMILES string of the molecule is O=C(CC1CC1)c1c[nH]cc1-c1ccccc1. The van der Waals surface area contributed by atoms with Gasteiger partial charge < -0.3 is 4.98 Å². The zero-order chi connectivity index (χ0) is 11.7. The Morgan fingerprint density at radius 2 is 1.94 bits per heavy atom. The van der Waals surface area contributed by atoms with Gasteiger partial charge in [0, 0.05) is 29.9 Å². The van der Waals surface area contributed by atoms with Crippen molar-refractivity contribution in [2.75, 3.05) is 0 Å². The molecule has 1 saturated carbocycles. The molecule has 0 aliphatic heterocycles. The summed E-state index contributed by atoms with van der Waals surface area (Å²) in [5.74, 6) is 0.911. The van der Waals surface area contributed by atoms with Crippen LogP contribution in [0.15, 0.2) is 42.7 Å². The summed E-state index contributed by atoms with van der Waals surface area (Å²) in [5, 5.41) is 0. The second-order valence-corrected chi connectivity index (χ2v) is 4.72. The Kier molecular flexibility index (Phi) is 2.56. The first kappa shape index (κ1) is 10.3. The van der Waals surface area contributed by atoms with Gasteiger partial charge in [0.1, 0.15) is 0 Å². The highest BCUT2D eigenvalue weighted by Gasteiger charge is 2.26. The topological polar surface area (TPSA) is 32.9 Å². The summed E-state index contributed by atoms with van der Waals surface area (Å²) < 4.78 is 0. The van der Waals surface area contributed by atoms with Crippen molar-refractivity contribution in [3.63, 3.8) is 0 Å². The fourth-order valence-corrected chi connectivity index (χ4v) is 2.15. The van der Waals surface area contributed by atoms with E-state index in [0.717, 1.165) is 16.7 Å². The van der Waals surface area contributed by atoms with Crippen LogP contribution in [0.25, 0.3) is 11.1 Å². The molecule has 1 aliphatic rings. The van der Waals surface area contributed by atoms with Crippen LogP contribution in [0.4, 0.5) is 0 Å². The average molecular weight is 225 g/mol. The standard InChI is InChI=1S/C15H15NO/c17-15(8-11-6-7-11)14-10-16-9-13(14)12-4-2-1-3-5-12/h1-5,9-11,16H,6-8H2. The average Bonchev–Trinajstić information content (AvgIpc) is 3.04. The van der Waals surface area contributed by atoms with E-state index < -0.39 is 0 Å². The van der Waals surface area contributed by atoms with Crippen molar-refractivity contribution in [2.24, 2.45) is 5.92 Å². The molecule has 0 radical (unpaired) electrons. The maximum Gasteiger partial charge on any atom is 0.165 e. The van der Waals surface area contributed by atoms with Gasteiger partial charge in [-0.1, -0.05) is 30.3 Å². The normalized spacial score (nSPS) is 14.8. The molecular formula is C15H15NO. The Hall–Kier alpha value is -1.83. The Balaban J connectivity index is 1.90. The van der Waals surface area contributed by atoms with E-state index >= 15 is 0 Å². The van der Waals surface area contributed by atoms with Crippen molar-refractivity contribution < 1.29 is 4.79 Å².